The Kier molecular flexibility index (Phi) is 6.11. The molecule has 5 heteroatoms. The predicted octanol–water partition coefficient (Wildman–Crippen LogP) is 5.63. The number of hydrogen-bond donors (Lipinski definition) is 2. The quantitative estimate of drug-likeness (QED) is 0.302. The Bertz CT molecular complexity index is 1410. The Balaban J connectivity index is 1.40. The minimum atomic E-state index is -0.413. The summed E-state index contributed by atoms with van der Waals surface area (Å²) in [5, 5.41) is 8.71. The number of aromatic amines is 1. The van der Waals surface area contributed by atoms with E-state index in [1.165, 1.54) is 11.1 Å². The number of carbonyl (C=O) groups excluding carboxylic acids is 1. The van der Waals surface area contributed by atoms with E-state index in [2.05, 4.69) is 52.7 Å². The van der Waals surface area contributed by atoms with E-state index in [4.69, 9.17) is 0 Å². The van der Waals surface area contributed by atoms with Crippen LogP contribution < -0.4 is 5.32 Å². The van der Waals surface area contributed by atoms with Crippen LogP contribution in [0.5, 0.6) is 0 Å². The fourth-order valence-corrected chi connectivity index (χ4v) is 4.36. The standard InChI is InChI=1S/C29H28N4O/c1-20-8-10-21(11-9-20)14-15-30-28(22-6-4-3-5-7-22)29(34)26-18-31-27-16-23(12-13-25(26)27)24-17-32-33(2)19-24/h3-13,16-19,28,30-31H,14-15H2,1-2H3/t28-/m0/s1. The highest BCUT2D eigenvalue weighted by Crippen LogP contribution is 2.28. The van der Waals surface area contributed by atoms with Crippen molar-refractivity contribution >= 4 is 16.7 Å². The van der Waals surface area contributed by atoms with Crippen molar-refractivity contribution in [1.82, 2.24) is 20.1 Å². The van der Waals surface area contributed by atoms with Crippen LogP contribution in [0.4, 0.5) is 0 Å². The summed E-state index contributed by atoms with van der Waals surface area (Å²) in [6.45, 7) is 2.80. The Labute approximate surface area is 199 Å². The third kappa shape index (κ3) is 4.56. The highest BCUT2D eigenvalue weighted by Gasteiger charge is 2.24. The molecule has 1 atom stereocenters. The van der Waals surface area contributed by atoms with Gasteiger partial charge in [-0.2, -0.15) is 5.10 Å². The molecule has 0 aliphatic heterocycles. The van der Waals surface area contributed by atoms with Crippen LogP contribution >= 0.6 is 0 Å². The maximum Gasteiger partial charge on any atom is 0.186 e. The van der Waals surface area contributed by atoms with E-state index in [-0.39, 0.29) is 5.78 Å². The number of aryl methyl sites for hydroxylation is 2. The first-order chi connectivity index (χ1) is 16.6. The number of nitrogens with one attached hydrogen (secondary N) is 2. The van der Waals surface area contributed by atoms with Gasteiger partial charge in [-0.15, -0.1) is 0 Å². The molecule has 0 aliphatic carbocycles. The van der Waals surface area contributed by atoms with E-state index in [0.29, 0.717) is 12.1 Å². The number of nitrogens with zero attached hydrogens (tertiary/aromatic N) is 2. The molecule has 34 heavy (non-hydrogen) atoms. The molecule has 170 valence electrons. The fraction of sp³-hybridized carbons (Fsp3) is 0.172. The summed E-state index contributed by atoms with van der Waals surface area (Å²) in [5.41, 5.74) is 7.23. The van der Waals surface area contributed by atoms with E-state index in [9.17, 15) is 4.79 Å². The third-order valence-electron chi connectivity index (χ3n) is 6.26. The summed E-state index contributed by atoms with van der Waals surface area (Å²) in [4.78, 5) is 17.1. The number of Topliss-reactive ketones (excluding diaryl/α,β-unsaturated/α-hetero) is 1. The third-order valence-corrected chi connectivity index (χ3v) is 6.26. The molecule has 3 aromatic carbocycles. The molecule has 0 spiro atoms. The zero-order chi connectivity index (χ0) is 23.5. The summed E-state index contributed by atoms with van der Waals surface area (Å²) in [7, 11) is 1.91. The second-order valence-electron chi connectivity index (χ2n) is 8.76. The van der Waals surface area contributed by atoms with Crippen molar-refractivity contribution in [3.8, 4) is 11.1 Å². The highest BCUT2D eigenvalue weighted by atomic mass is 16.1. The molecule has 2 aromatic heterocycles. The average Bonchev–Trinajstić information content (AvgIpc) is 3.49. The summed E-state index contributed by atoms with van der Waals surface area (Å²) >= 11 is 0. The van der Waals surface area contributed by atoms with E-state index in [1.54, 1.807) is 4.68 Å². The molecule has 5 aromatic rings. The second kappa shape index (κ2) is 9.49. The van der Waals surface area contributed by atoms with Crippen LogP contribution in [0, 0.1) is 6.92 Å². The van der Waals surface area contributed by atoms with Gasteiger partial charge in [0.05, 0.1) is 12.2 Å². The number of H-pyrrole nitrogens is 1. The Morgan fingerprint density at radius 3 is 2.56 bits per heavy atom. The summed E-state index contributed by atoms with van der Waals surface area (Å²) < 4.78 is 1.79. The van der Waals surface area contributed by atoms with Gasteiger partial charge in [0.2, 0.25) is 0 Å². The Hall–Kier alpha value is -3.96. The van der Waals surface area contributed by atoms with Gasteiger partial charge in [0.15, 0.2) is 5.78 Å². The largest absolute Gasteiger partial charge is 0.360 e. The lowest BCUT2D eigenvalue weighted by Crippen LogP contribution is -2.30. The molecular formula is C29H28N4O. The molecule has 0 aliphatic rings. The van der Waals surface area contributed by atoms with Gasteiger partial charge in [0, 0.05) is 48.0 Å². The first kappa shape index (κ1) is 21.9. The number of ketones is 1. The topological polar surface area (TPSA) is 62.7 Å². The number of fused-ring (bicyclic) bond motifs is 1. The first-order valence-corrected chi connectivity index (χ1v) is 11.6. The minimum absolute atomic E-state index is 0.0653. The van der Waals surface area contributed by atoms with Gasteiger partial charge in [-0.1, -0.05) is 72.3 Å². The SMILES string of the molecule is Cc1ccc(CCN[C@H](C(=O)c2c[nH]c3cc(-c4cnn(C)c4)ccc23)c2ccccc2)cc1. The van der Waals surface area contributed by atoms with Gasteiger partial charge in [0.25, 0.3) is 0 Å². The minimum Gasteiger partial charge on any atom is -0.360 e. The van der Waals surface area contributed by atoms with Crippen molar-refractivity contribution in [2.24, 2.45) is 7.05 Å². The Morgan fingerprint density at radius 2 is 1.82 bits per heavy atom. The monoisotopic (exact) mass is 448 g/mol. The average molecular weight is 449 g/mol. The molecule has 0 saturated heterocycles. The van der Waals surface area contributed by atoms with Crippen molar-refractivity contribution in [2.45, 2.75) is 19.4 Å². The molecule has 0 saturated carbocycles. The summed E-state index contributed by atoms with van der Waals surface area (Å²) in [5.74, 6) is 0.0653. The molecule has 2 N–H and O–H groups in total. The normalized spacial score (nSPS) is 12.2. The van der Waals surface area contributed by atoms with Crippen molar-refractivity contribution in [3.63, 3.8) is 0 Å². The predicted molar refractivity (Wildman–Crippen MR) is 137 cm³/mol. The fourth-order valence-electron chi connectivity index (χ4n) is 4.36. The number of hydrogen-bond acceptors (Lipinski definition) is 3. The molecule has 0 radical (unpaired) electrons. The smallest absolute Gasteiger partial charge is 0.186 e. The van der Waals surface area contributed by atoms with Crippen molar-refractivity contribution in [1.29, 1.82) is 0 Å². The van der Waals surface area contributed by atoms with Crippen LogP contribution in [0.25, 0.3) is 22.0 Å². The second-order valence-corrected chi connectivity index (χ2v) is 8.76. The zero-order valence-electron chi connectivity index (χ0n) is 19.5. The molecule has 5 rings (SSSR count). The first-order valence-electron chi connectivity index (χ1n) is 11.6. The molecule has 0 amide bonds. The molecule has 0 unspecified atom stereocenters. The van der Waals surface area contributed by atoms with Gasteiger partial charge in [-0.25, -0.2) is 0 Å². The zero-order valence-corrected chi connectivity index (χ0v) is 19.5. The molecular weight excluding hydrogens is 420 g/mol. The molecule has 2 heterocycles. The highest BCUT2D eigenvalue weighted by molar-refractivity contribution is 6.11. The Morgan fingerprint density at radius 1 is 1.03 bits per heavy atom. The number of carbonyl (C=O) groups is 1. The van der Waals surface area contributed by atoms with Gasteiger partial charge < -0.3 is 10.3 Å². The number of rotatable bonds is 8. The molecule has 0 fully saturated rings. The van der Waals surface area contributed by atoms with E-state index >= 15 is 0 Å². The summed E-state index contributed by atoms with van der Waals surface area (Å²) in [6, 6.07) is 24.2. The molecule has 0 bridgehead atoms. The van der Waals surface area contributed by atoms with Crippen LogP contribution in [0.15, 0.2) is 91.4 Å². The summed E-state index contributed by atoms with van der Waals surface area (Å²) in [6.07, 6.45) is 6.52. The maximum absolute atomic E-state index is 13.8. The van der Waals surface area contributed by atoms with Crippen LogP contribution in [0.2, 0.25) is 0 Å². The van der Waals surface area contributed by atoms with Crippen molar-refractivity contribution in [2.75, 3.05) is 6.54 Å². The number of benzene rings is 3. The van der Waals surface area contributed by atoms with Gasteiger partial charge in [-0.05, 0) is 36.1 Å². The maximum atomic E-state index is 13.8. The van der Waals surface area contributed by atoms with Gasteiger partial charge in [-0.3, -0.25) is 9.48 Å². The van der Waals surface area contributed by atoms with E-state index < -0.39 is 6.04 Å². The van der Waals surface area contributed by atoms with E-state index in [0.717, 1.165) is 34.0 Å². The van der Waals surface area contributed by atoms with Crippen LogP contribution in [-0.2, 0) is 13.5 Å². The van der Waals surface area contributed by atoms with Crippen molar-refractivity contribution < 1.29 is 4.79 Å². The number of aromatic nitrogens is 3. The molecule has 5 nitrogen and oxygen atoms in total. The van der Waals surface area contributed by atoms with Gasteiger partial charge >= 0.3 is 0 Å². The van der Waals surface area contributed by atoms with E-state index in [1.807, 2.05) is 68.1 Å². The lowest BCUT2D eigenvalue weighted by atomic mass is 9.96. The van der Waals surface area contributed by atoms with Gasteiger partial charge in [0.1, 0.15) is 0 Å². The lowest BCUT2D eigenvalue weighted by molar-refractivity contribution is 0.0945. The van der Waals surface area contributed by atoms with Crippen LogP contribution in [0.3, 0.4) is 0 Å². The van der Waals surface area contributed by atoms with Crippen LogP contribution in [-0.4, -0.2) is 27.1 Å². The lowest BCUT2D eigenvalue weighted by Gasteiger charge is -2.18. The van der Waals surface area contributed by atoms with Crippen molar-refractivity contribution in [3.05, 3.63) is 114 Å². The van der Waals surface area contributed by atoms with Crippen LogP contribution in [0.1, 0.15) is 33.1 Å².